The summed E-state index contributed by atoms with van der Waals surface area (Å²) in [7, 11) is 1.58. The van der Waals surface area contributed by atoms with E-state index in [1.807, 2.05) is 37.3 Å². The molecule has 30 heavy (non-hydrogen) atoms. The highest BCUT2D eigenvalue weighted by Crippen LogP contribution is 2.19. The highest BCUT2D eigenvalue weighted by Gasteiger charge is 2.16. The summed E-state index contributed by atoms with van der Waals surface area (Å²) in [6.07, 6.45) is 0. The van der Waals surface area contributed by atoms with Gasteiger partial charge in [0.2, 0.25) is 0 Å². The number of hydrogen-bond donors (Lipinski definition) is 2. The summed E-state index contributed by atoms with van der Waals surface area (Å²) in [6, 6.07) is 23.3. The maximum Gasteiger partial charge on any atom is 0.262 e. The van der Waals surface area contributed by atoms with E-state index < -0.39 is 0 Å². The predicted molar refractivity (Wildman–Crippen MR) is 116 cm³/mol. The van der Waals surface area contributed by atoms with Crippen molar-refractivity contribution in [2.75, 3.05) is 19.0 Å². The van der Waals surface area contributed by atoms with Gasteiger partial charge in [0, 0.05) is 0 Å². The lowest BCUT2D eigenvalue weighted by Crippen LogP contribution is -2.28. The second-order valence-corrected chi connectivity index (χ2v) is 6.66. The van der Waals surface area contributed by atoms with Gasteiger partial charge in [-0.05, 0) is 48.9 Å². The molecular formula is C24H24N2O4. The lowest BCUT2D eigenvalue weighted by Gasteiger charge is -2.16. The standard InChI is InChI=1S/C24H24N2O4/c1-17(18-8-4-3-5-9-18)25-24(28)21-10-6-7-11-22(21)26-23(27)16-30-20-14-12-19(29-2)13-15-20/h3-15,17H,16H2,1-2H3,(H,25,28)(H,26,27)/t17-/m0/s1. The molecule has 0 bridgehead atoms. The molecule has 0 aromatic heterocycles. The Morgan fingerprint density at radius 2 is 1.50 bits per heavy atom. The first-order valence-electron chi connectivity index (χ1n) is 9.58. The van der Waals surface area contributed by atoms with Gasteiger partial charge in [0.25, 0.3) is 11.8 Å². The highest BCUT2D eigenvalue weighted by atomic mass is 16.5. The molecule has 0 aliphatic carbocycles. The van der Waals surface area contributed by atoms with Crippen molar-refractivity contribution in [3.05, 3.63) is 90.0 Å². The van der Waals surface area contributed by atoms with Crippen molar-refractivity contribution in [1.29, 1.82) is 0 Å². The highest BCUT2D eigenvalue weighted by molar-refractivity contribution is 6.04. The maximum absolute atomic E-state index is 12.8. The molecular weight excluding hydrogens is 380 g/mol. The molecule has 3 aromatic carbocycles. The summed E-state index contributed by atoms with van der Waals surface area (Å²) in [6.45, 7) is 1.74. The number of amides is 2. The number of hydrogen-bond acceptors (Lipinski definition) is 4. The van der Waals surface area contributed by atoms with E-state index in [4.69, 9.17) is 9.47 Å². The van der Waals surface area contributed by atoms with Crippen molar-refractivity contribution in [3.63, 3.8) is 0 Å². The topological polar surface area (TPSA) is 76.7 Å². The molecule has 154 valence electrons. The zero-order chi connectivity index (χ0) is 21.3. The third-order valence-corrected chi connectivity index (χ3v) is 4.52. The Hall–Kier alpha value is -3.80. The molecule has 3 aromatic rings. The first kappa shape index (κ1) is 20.9. The molecule has 0 unspecified atom stereocenters. The number of para-hydroxylation sites is 1. The molecule has 0 radical (unpaired) electrons. The number of methoxy groups -OCH3 is 1. The Labute approximate surface area is 175 Å². The minimum absolute atomic E-state index is 0.166. The number of rotatable bonds is 8. The van der Waals surface area contributed by atoms with Crippen LogP contribution in [-0.2, 0) is 4.79 Å². The Bertz CT molecular complexity index is 988. The molecule has 0 aliphatic rings. The molecule has 0 aliphatic heterocycles. The lowest BCUT2D eigenvalue weighted by atomic mass is 10.1. The lowest BCUT2D eigenvalue weighted by molar-refractivity contribution is -0.118. The van der Waals surface area contributed by atoms with Crippen molar-refractivity contribution in [3.8, 4) is 11.5 Å². The number of ether oxygens (including phenoxy) is 2. The van der Waals surface area contributed by atoms with E-state index in [9.17, 15) is 9.59 Å². The van der Waals surface area contributed by atoms with Crippen LogP contribution >= 0.6 is 0 Å². The zero-order valence-corrected chi connectivity index (χ0v) is 16.9. The average Bonchev–Trinajstić information content (AvgIpc) is 2.79. The van der Waals surface area contributed by atoms with Crippen molar-refractivity contribution in [2.45, 2.75) is 13.0 Å². The molecule has 0 fully saturated rings. The van der Waals surface area contributed by atoms with Gasteiger partial charge in [0.05, 0.1) is 24.4 Å². The normalized spacial score (nSPS) is 11.3. The molecule has 6 nitrogen and oxygen atoms in total. The van der Waals surface area contributed by atoms with Crippen LogP contribution in [0.3, 0.4) is 0 Å². The number of carbonyl (C=O) groups is 2. The molecule has 2 N–H and O–H groups in total. The Morgan fingerprint density at radius 1 is 0.867 bits per heavy atom. The molecule has 2 amide bonds. The second-order valence-electron chi connectivity index (χ2n) is 6.66. The minimum atomic E-state index is -0.359. The molecule has 3 rings (SSSR count). The average molecular weight is 404 g/mol. The second kappa shape index (κ2) is 10.1. The van der Waals surface area contributed by atoms with E-state index in [0.717, 1.165) is 5.56 Å². The van der Waals surface area contributed by atoms with Crippen molar-refractivity contribution >= 4 is 17.5 Å². The summed E-state index contributed by atoms with van der Waals surface area (Å²) in [5.41, 5.74) is 1.82. The molecule has 0 heterocycles. The van der Waals surface area contributed by atoms with Crippen molar-refractivity contribution < 1.29 is 19.1 Å². The van der Waals surface area contributed by atoms with E-state index in [0.29, 0.717) is 22.7 Å². The Morgan fingerprint density at radius 3 is 2.20 bits per heavy atom. The smallest absolute Gasteiger partial charge is 0.262 e. The van der Waals surface area contributed by atoms with Gasteiger partial charge < -0.3 is 20.1 Å². The zero-order valence-electron chi connectivity index (χ0n) is 16.9. The van der Waals surface area contributed by atoms with Gasteiger partial charge in [0.15, 0.2) is 6.61 Å². The van der Waals surface area contributed by atoms with Gasteiger partial charge in [-0.3, -0.25) is 9.59 Å². The van der Waals surface area contributed by atoms with Gasteiger partial charge in [-0.2, -0.15) is 0 Å². The largest absolute Gasteiger partial charge is 0.497 e. The number of anilines is 1. The van der Waals surface area contributed by atoms with Crippen LogP contribution in [0.15, 0.2) is 78.9 Å². The summed E-state index contributed by atoms with van der Waals surface area (Å²) < 4.78 is 10.6. The van der Waals surface area contributed by atoms with E-state index >= 15 is 0 Å². The molecule has 0 saturated heterocycles. The van der Waals surface area contributed by atoms with Crippen LogP contribution in [0.4, 0.5) is 5.69 Å². The maximum atomic E-state index is 12.8. The molecule has 1 atom stereocenters. The van der Waals surface area contributed by atoms with Gasteiger partial charge in [-0.15, -0.1) is 0 Å². The van der Waals surface area contributed by atoms with Crippen molar-refractivity contribution in [2.24, 2.45) is 0 Å². The van der Waals surface area contributed by atoms with E-state index in [-0.39, 0.29) is 24.5 Å². The van der Waals surface area contributed by atoms with E-state index in [1.165, 1.54) is 0 Å². The summed E-state index contributed by atoms with van der Waals surface area (Å²) >= 11 is 0. The Balaban J connectivity index is 1.61. The number of carbonyl (C=O) groups excluding carboxylic acids is 2. The van der Waals surface area contributed by atoms with E-state index in [1.54, 1.807) is 55.6 Å². The fourth-order valence-corrected chi connectivity index (χ4v) is 2.90. The number of benzene rings is 3. The third-order valence-electron chi connectivity index (χ3n) is 4.52. The van der Waals surface area contributed by atoms with Crippen LogP contribution in [0.2, 0.25) is 0 Å². The van der Waals surface area contributed by atoms with Crippen LogP contribution in [-0.4, -0.2) is 25.5 Å². The third kappa shape index (κ3) is 5.61. The van der Waals surface area contributed by atoms with E-state index in [2.05, 4.69) is 10.6 Å². The number of nitrogens with one attached hydrogen (secondary N) is 2. The first-order chi connectivity index (χ1) is 14.6. The SMILES string of the molecule is COc1ccc(OCC(=O)Nc2ccccc2C(=O)N[C@@H](C)c2ccccc2)cc1. The van der Waals surface area contributed by atoms with Gasteiger partial charge in [0.1, 0.15) is 11.5 Å². The fourth-order valence-electron chi connectivity index (χ4n) is 2.90. The fraction of sp³-hybridized carbons (Fsp3) is 0.167. The predicted octanol–water partition coefficient (Wildman–Crippen LogP) is 4.20. The van der Waals surface area contributed by atoms with Crippen LogP contribution in [0.25, 0.3) is 0 Å². The summed E-state index contributed by atoms with van der Waals surface area (Å²) in [5.74, 6) is 0.630. The minimum Gasteiger partial charge on any atom is -0.497 e. The molecule has 0 saturated carbocycles. The quantitative estimate of drug-likeness (QED) is 0.590. The summed E-state index contributed by atoms with van der Waals surface area (Å²) in [5, 5.41) is 5.71. The van der Waals surface area contributed by atoms with Crippen LogP contribution in [0.1, 0.15) is 28.9 Å². The molecule has 6 heteroatoms. The molecule has 0 spiro atoms. The van der Waals surface area contributed by atoms with Crippen LogP contribution < -0.4 is 20.1 Å². The van der Waals surface area contributed by atoms with Crippen LogP contribution in [0.5, 0.6) is 11.5 Å². The van der Waals surface area contributed by atoms with Gasteiger partial charge in [-0.1, -0.05) is 42.5 Å². The van der Waals surface area contributed by atoms with Gasteiger partial charge in [-0.25, -0.2) is 0 Å². The first-order valence-corrected chi connectivity index (χ1v) is 9.58. The van der Waals surface area contributed by atoms with Crippen LogP contribution in [0, 0.1) is 0 Å². The van der Waals surface area contributed by atoms with Gasteiger partial charge >= 0.3 is 0 Å². The monoisotopic (exact) mass is 404 g/mol. The summed E-state index contributed by atoms with van der Waals surface area (Å²) in [4.78, 5) is 25.1. The Kier molecular flexibility index (Phi) is 7.05. The van der Waals surface area contributed by atoms with Crippen molar-refractivity contribution in [1.82, 2.24) is 5.32 Å².